The number of hydrogen-bond acceptors (Lipinski definition) is 3. The first-order chi connectivity index (χ1) is 8.10. The Kier molecular flexibility index (Phi) is 5.92. The van der Waals surface area contributed by atoms with Gasteiger partial charge in [0.2, 0.25) is 5.91 Å². The van der Waals surface area contributed by atoms with Crippen LogP contribution in [0.2, 0.25) is 0 Å². The van der Waals surface area contributed by atoms with Crippen molar-refractivity contribution < 1.29 is 9.53 Å². The molecule has 100 valence electrons. The quantitative estimate of drug-likeness (QED) is 0.690. The molecular formula is C13H26N2O2. The normalized spacial score (nSPS) is 24.9. The smallest absolute Gasteiger partial charge is 0.227 e. The zero-order valence-electron chi connectivity index (χ0n) is 11.3. The van der Waals surface area contributed by atoms with Gasteiger partial charge in [-0.1, -0.05) is 6.92 Å². The molecule has 1 unspecified atom stereocenters. The van der Waals surface area contributed by atoms with E-state index in [1.165, 1.54) is 0 Å². The van der Waals surface area contributed by atoms with Crippen LogP contribution < -0.4 is 10.6 Å². The van der Waals surface area contributed by atoms with Crippen LogP contribution in [-0.4, -0.2) is 38.3 Å². The predicted octanol–water partition coefficient (Wildman–Crippen LogP) is 1.31. The highest BCUT2D eigenvalue weighted by Gasteiger charge is 2.37. The summed E-state index contributed by atoms with van der Waals surface area (Å²) in [6, 6.07) is 0. The van der Waals surface area contributed by atoms with E-state index in [0.29, 0.717) is 13.2 Å². The molecule has 4 nitrogen and oxygen atoms in total. The van der Waals surface area contributed by atoms with Gasteiger partial charge in [0.15, 0.2) is 0 Å². The van der Waals surface area contributed by atoms with Gasteiger partial charge in [0.1, 0.15) is 0 Å². The molecule has 1 fully saturated rings. The fourth-order valence-corrected chi connectivity index (χ4v) is 2.27. The Morgan fingerprint density at radius 3 is 2.82 bits per heavy atom. The molecule has 0 saturated carbocycles. The van der Waals surface area contributed by atoms with Crippen LogP contribution in [0, 0.1) is 5.41 Å². The fourth-order valence-electron chi connectivity index (χ4n) is 2.27. The highest BCUT2D eigenvalue weighted by molar-refractivity contribution is 5.83. The summed E-state index contributed by atoms with van der Waals surface area (Å²) in [6.45, 7) is 9.14. The van der Waals surface area contributed by atoms with Crippen LogP contribution in [0.1, 0.15) is 40.0 Å². The molecule has 1 aliphatic rings. The van der Waals surface area contributed by atoms with E-state index in [0.717, 1.165) is 32.4 Å². The van der Waals surface area contributed by atoms with Crippen LogP contribution in [0.25, 0.3) is 0 Å². The van der Waals surface area contributed by atoms with Crippen LogP contribution in [0.3, 0.4) is 0 Å². The molecule has 0 aromatic heterocycles. The zero-order chi connectivity index (χ0) is 12.7. The van der Waals surface area contributed by atoms with Gasteiger partial charge in [-0.3, -0.25) is 4.79 Å². The zero-order valence-corrected chi connectivity index (χ0v) is 11.3. The lowest BCUT2D eigenvalue weighted by atomic mass is 9.77. The SMILES string of the molecule is CCC1(C(=O)NCCOC(C)C)CCCNC1. The number of carbonyl (C=O) groups excluding carboxylic acids is 1. The lowest BCUT2D eigenvalue weighted by molar-refractivity contribution is -0.132. The molecule has 0 bridgehead atoms. The number of amides is 1. The van der Waals surface area contributed by atoms with E-state index < -0.39 is 0 Å². The maximum atomic E-state index is 12.2. The average Bonchev–Trinajstić information content (AvgIpc) is 2.35. The van der Waals surface area contributed by atoms with Crippen LogP contribution in [0.15, 0.2) is 0 Å². The Morgan fingerprint density at radius 1 is 1.53 bits per heavy atom. The van der Waals surface area contributed by atoms with Crippen molar-refractivity contribution in [1.82, 2.24) is 10.6 Å². The lowest BCUT2D eigenvalue weighted by Gasteiger charge is -2.35. The number of carbonyl (C=O) groups is 1. The molecule has 0 radical (unpaired) electrons. The van der Waals surface area contributed by atoms with Crippen molar-refractivity contribution in [1.29, 1.82) is 0 Å². The van der Waals surface area contributed by atoms with Crippen molar-refractivity contribution in [2.24, 2.45) is 5.41 Å². The molecule has 1 aliphatic heterocycles. The van der Waals surface area contributed by atoms with Crippen molar-refractivity contribution in [2.75, 3.05) is 26.2 Å². The standard InChI is InChI=1S/C13H26N2O2/c1-4-13(6-5-7-14-10-13)12(16)15-8-9-17-11(2)3/h11,14H,4-10H2,1-3H3,(H,15,16). The molecular weight excluding hydrogens is 216 g/mol. The van der Waals surface area contributed by atoms with Crippen LogP contribution in [0.4, 0.5) is 0 Å². The Morgan fingerprint density at radius 2 is 2.29 bits per heavy atom. The fraction of sp³-hybridized carbons (Fsp3) is 0.923. The van der Waals surface area contributed by atoms with Crippen LogP contribution in [0.5, 0.6) is 0 Å². The molecule has 0 aromatic carbocycles. The molecule has 1 rings (SSSR count). The van der Waals surface area contributed by atoms with Gasteiger partial charge in [0, 0.05) is 13.1 Å². The third kappa shape index (κ3) is 4.28. The summed E-state index contributed by atoms with van der Waals surface area (Å²) >= 11 is 0. The van der Waals surface area contributed by atoms with Gasteiger partial charge >= 0.3 is 0 Å². The van der Waals surface area contributed by atoms with E-state index in [4.69, 9.17) is 4.74 Å². The van der Waals surface area contributed by atoms with Crippen molar-refractivity contribution in [3.8, 4) is 0 Å². The van der Waals surface area contributed by atoms with Gasteiger partial charge < -0.3 is 15.4 Å². The molecule has 1 atom stereocenters. The second kappa shape index (κ2) is 6.97. The molecule has 4 heteroatoms. The summed E-state index contributed by atoms with van der Waals surface area (Å²) in [5, 5.41) is 6.32. The highest BCUT2D eigenvalue weighted by atomic mass is 16.5. The summed E-state index contributed by atoms with van der Waals surface area (Å²) in [5.74, 6) is 0.180. The minimum absolute atomic E-state index is 0.180. The summed E-state index contributed by atoms with van der Waals surface area (Å²) < 4.78 is 5.42. The van der Waals surface area contributed by atoms with E-state index >= 15 is 0 Å². The molecule has 1 heterocycles. The monoisotopic (exact) mass is 242 g/mol. The minimum Gasteiger partial charge on any atom is -0.377 e. The van der Waals surface area contributed by atoms with Gasteiger partial charge in [0.05, 0.1) is 18.1 Å². The highest BCUT2D eigenvalue weighted by Crippen LogP contribution is 2.29. The maximum Gasteiger partial charge on any atom is 0.227 e. The maximum absolute atomic E-state index is 12.2. The molecule has 0 spiro atoms. The van der Waals surface area contributed by atoms with Crippen LogP contribution in [-0.2, 0) is 9.53 Å². The topological polar surface area (TPSA) is 50.4 Å². The van der Waals surface area contributed by atoms with E-state index in [-0.39, 0.29) is 17.4 Å². The third-order valence-electron chi connectivity index (χ3n) is 3.47. The molecule has 0 aliphatic carbocycles. The van der Waals surface area contributed by atoms with Gasteiger partial charge in [0.25, 0.3) is 0 Å². The molecule has 1 saturated heterocycles. The summed E-state index contributed by atoms with van der Waals surface area (Å²) in [6.07, 6.45) is 3.21. The van der Waals surface area contributed by atoms with Gasteiger partial charge in [-0.2, -0.15) is 0 Å². The Labute approximate surface area is 104 Å². The number of rotatable bonds is 6. The molecule has 17 heavy (non-hydrogen) atoms. The Hall–Kier alpha value is -0.610. The van der Waals surface area contributed by atoms with Crippen molar-refractivity contribution in [3.05, 3.63) is 0 Å². The van der Waals surface area contributed by atoms with E-state index in [1.54, 1.807) is 0 Å². The van der Waals surface area contributed by atoms with Crippen LogP contribution >= 0.6 is 0 Å². The number of nitrogens with one attached hydrogen (secondary N) is 2. The first-order valence-corrected chi connectivity index (χ1v) is 6.71. The second-order valence-electron chi connectivity index (χ2n) is 5.09. The first-order valence-electron chi connectivity index (χ1n) is 6.71. The summed E-state index contributed by atoms with van der Waals surface area (Å²) in [4.78, 5) is 12.2. The molecule has 0 aromatic rings. The van der Waals surface area contributed by atoms with Crippen molar-refractivity contribution in [3.63, 3.8) is 0 Å². The third-order valence-corrected chi connectivity index (χ3v) is 3.47. The van der Waals surface area contributed by atoms with Crippen molar-refractivity contribution >= 4 is 5.91 Å². The predicted molar refractivity (Wildman–Crippen MR) is 68.9 cm³/mol. The number of piperidine rings is 1. The van der Waals surface area contributed by atoms with Gasteiger partial charge in [-0.25, -0.2) is 0 Å². The summed E-state index contributed by atoms with van der Waals surface area (Å²) in [5.41, 5.74) is -0.198. The Bertz CT molecular complexity index is 236. The van der Waals surface area contributed by atoms with E-state index in [2.05, 4.69) is 17.6 Å². The largest absolute Gasteiger partial charge is 0.377 e. The molecule has 2 N–H and O–H groups in total. The number of ether oxygens (including phenoxy) is 1. The second-order valence-corrected chi connectivity index (χ2v) is 5.09. The van der Waals surface area contributed by atoms with E-state index in [9.17, 15) is 4.79 Å². The Balaban J connectivity index is 2.33. The summed E-state index contributed by atoms with van der Waals surface area (Å²) in [7, 11) is 0. The van der Waals surface area contributed by atoms with Gasteiger partial charge in [-0.15, -0.1) is 0 Å². The molecule has 1 amide bonds. The van der Waals surface area contributed by atoms with E-state index in [1.807, 2.05) is 13.8 Å². The van der Waals surface area contributed by atoms with Crippen molar-refractivity contribution in [2.45, 2.75) is 46.1 Å². The number of hydrogen-bond donors (Lipinski definition) is 2. The lowest BCUT2D eigenvalue weighted by Crippen LogP contribution is -2.50. The van der Waals surface area contributed by atoms with Gasteiger partial charge in [-0.05, 0) is 39.7 Å². The first kappa shape index (κ1) is 14.5. The minimum atomic E-state index is -0.198. The average molecular weight is 242 g/mol.